The summed E-state index contributed by atoms with van der Waals surface area (Å²) in [6.07, 6.45) is 1.13. The molecule has 0 saturated heterocycles. The summed E-state index contributed by atoms with van der Waals surface area (Å²) in [7, 11) is 0. The van der Waals surface area contributed by atoms with Crippen LogP contribution in [0.15, 0.2) is 28.7 Å². The number of carboxylic acid groups (broad SMARTS) is 1. The molecule has 0 fully saturated rings. The van der Waals surface area contributed by atoms with Crippen molar-refractivity contribution in [2.24, 2.45) is 5.92 Å². The summed E-state index contributed by atoms with van der Waals surface area (Å²) in [5.74, 6) is -0.461. The largest absolute Gasteiger partial charge is 0.481 e. The summed E-state index contributed by atoms with van der Waals surface area (Å²) in [6.45, 7) is 2.19. The van der Waals surface area contributed by atoms with E-state index in [1.807, 2.05) is 24.3 Å². The lowest BCUT2D eigenvalue weighted by molar-refractivity contribution is -0.141. The SMILES string of the molecule is CC(CCn1nnnc1Cc1ccc(Br)cc1)C(=O)O. The van der Waals surface area contributed by atoms with E-state index in [2.05, 4.69) is 31.5 Å². The van der Waals surface area contributed by atoms with Gasteiger partial charge in [-0.25, -0.2) is 4.68 Å². The van der Waals surface area contributed by atoms with Gasteiger partial charge in [-0.05, 0) is 34.5 Å². The number of tetrazole rings is 1. The maximum absolute atomic E-state index is 10.8. The van der Waals surface area contributed by atoms with Crippen molar-refractivity contribution < 1.29 is 9.90 Å². The van der Waals surface area contributed by atoms with E-state index in [-0.39, 0.29) is 0 Å². The van der Waals surface area contributed by atoms with Gasteiger partial charge in [0.05, 0.1) is 5.92 Å². The number of halogens is 1. The zero-order chi connectivity index (χ0) is 14.5. The normalized spacial score (nSPS) is 12.3. The van der Waals surface area contributed by atoms with Crippen molar-refractivity contribution in [2.45, 2.75) is 26.3 Å². The number of hydrogen-bond acceptors (Lipinski definition) is 4. The first-order valence-corrected chi connectivity index (χ1v) is 7.08. The molecule has 2 rings (SSSR count). The third kappa shape index (κ3) is 3.86. The van der Waals surface area contributed by atoms with Crippen LogP contribution in [0.3, 0.4) is 0 Å². The molecule has 0 spiro atoms. The lowest BCUT2D eigenvalue weighted by Gasteiger charge is -2.07. The van der Waals surface area contributed by atoms with Crippen molar-refractivity contribution in [2.75, 3.05) is 0 Å². The van der Waals surface area contributed by atoms with E-state index in [1.165, 1.54) is 0 Å². The quantitative estimate of drug-likeness (QED) is 0.872. The first kappa shape index (κ1) is 14.6. The molecule has 6 nitrogen and oxygen atoms in total. The Labute approximate surface area is 124 Å². The number of aromatic nitrogens is 4. The summed E-state index contributed by atoms with van der Waals surface area (Å²) in [5, 5.41) is 20.5. The van der Waals surface area contributed by atoms with Crippen LogP contribution in [0.4, 0.5) is 0 Å². The molecule has 1 N–H and O–H groups in total. The molecule has 1 heterocycles. The maximum atomic E-state index is 10.8. The van der Waals surface area contributed by atoms with Crippen LogP contribution in [-0.2, 0) is 17.8 Å². The standard InChI is InChI=1S/C13H15BrN4O2/c1-9(13(19)20)6-7-18-12(15-16-17-18)8-10-2-4-11(14)5-3-10/h2-5,9H,6-8H2,1H3,(H,19,20). The molecule has 0 radical (unpaired) electrons. The molecule has 0 aliphatic carbocycles. The fraction of sp³-hybridized carbons (Fsp3) is 0.385. The van der Waals surface area contributed by atoms with E-state index < -0.39 is 11.9 Å². The third-order valence-electron chi connectivity index (χ3n) is 3.08. The van der Waals surface area contributed by atoms with Gasteiger partial charge in [-0.1, -0.05) is 35.0 Å². The van der Waals surface area contributed by atoms with Gasteiger partial charge in [-0.15, -0.1) is 5.10 Å². The molecular formula is C13H15BrN4O2. The van der Waals surface area contributed by atoms with Gasteiger partial charge < -0.3 is 5.11 Å². The van der Waals surface area contributed by atoms with Gasteiger partial charge in [0.2, 0.25) is 0 Å². The fourth-order valence-electron chi connectivity index (χ4n) is 1.75. The molecule has 2 aromatic rings. The Kier molecular flexibility index (Phi) is 4.84. The van der Waals surface area contributed by atoms with Gasteiger partial charge in [0.15, 0.2) is 5.82 Å². The van der Waals surface area contributed by atoms with Crippen LogP contribution in [0.5, 0.6) is 0 Å². The van der Waals surface area contributed by atoms with Crippen LogP contribution >= 0.6 is 15.9 Å². The Bertz CT molecular complexity index is 582. The van der Waals surface area contributed by atoms with Gasteiger partial charge in [-0.3, -0.25) is 4.79 Å². The Morgan fingerprint density at radius 1 is 1.40 bits per heavy atom. The molecule has 1 unspecified atom stereocenters. The number of carboxylic acids is 1. The number of nitrogens with zero attached hydrogens (tertiary/aromatic N) is 4. The lowest BCUT2D eigenvalue weighted by Crippen LogP contribution is -2.15. The molecular weight excluding hydrogens is 324 g/mol. The fourth-order valence-corrected chi connectivity index (χ4v) is 2.01. The smallest absolute Gasteiger partial charge is 0.306 e. The molecule has 0 saturated carbocycles. The topological polar surface area (TPSA) is 80.9 Å². The number of benzene rings is 1. The minimum Gasteiger partial charge on any atom is -0.481 e. The monoisotopic (exact) mass is 338 g/mol. The van der Waals surface area contributed by atoms with E-state index in [0.717, 1.165) is 15.9 Å². The van der Waals surface area contributed by atoms with E-state index in [1.54, 1.807) is 11.6 Å². The number of hydrogen-bond donors (Lipinski definition) is 1. The predicted molar refractivity (Wildman–Crippen MR) is 76.2 cm³/mol. The highest BCUT2D eigenvalue weighted by molar-refractivity contribution is 9.10. The summed E-state index contributed by atoms with van der Waals surface area (Å²) in [5.41, 5.74) is 1.11. The first-order valence-electron chi connectivity index (χ1n) is 6.28. The highest BCUT2D eigenvalue weighted by Gasteiger charge is 2.13. The van der Waals surface area contributed by atoms with Gasteiger partial charge in [0.25, 0.3) is 0 Å². The summed E-state index contributed by atoms with van der Waals surface area (Å²) < 4.78 is 2.69. The highest BCUT2D eigenvalue weighted by atomic mass is 79.9. The second kappa shape index (κ2) is 6.60. The Hall–Kier alpha value is -1.76. The minimum absolute atomic E-state index is 0.403. The second-order valence-corrected chi connectivity index (χ2v) is 5.57. The Morgan fingerprint density at radius 3 is 2.75 bits per heavy atom. The average molecular weight is 339 g/mol. The molecule has 20 heavy (non-hydrogen) atoms. The van der Waals surface area contributed by atoms with Gasteiger partial charge in [-0.2, -0.15) is 0 Å². The molecule has 1 aromatic heterocycles. The van der Waals surface area contributed by atoms with Crippen LogP contribution in [0.25, 0.3) is 0 Å². The van der Waals surface area contributed by atoms with Crippen LogP contribution in [0, 0.1) is 5.92 Å². The van der Waals surface area contributed by atoms with E-state index >= 15 is 0 Å². The Morgan fingerprint density at radius 2 is 2.10 bits per heavy atom. The highest BCUT2D eigenvalue weighted by Crippen LogP contribution is 2.13. The molecule has 0 bridgehead atoms. The first-order chi connectivity index (χ1) is 9.56. The zero-order valence-corrected chi connectivity index (χ0v) is 12.6. The second-order valence-electron chi connectivity index (χ2n) is 4.65. The van der Waals surface area contributed by atoms with E-state index in [0.29, 0.717) is 19.4 Å². The predicted octanol–water partition coefficient (Wildman–Crippen LogP) is 2.14. The number of aliphatic carboxylic acids is 1. The molecule has 0 aliphatic rings. The van der Waals surface area contributed by atoms with Crippen molar-refractivity contribution in [3.8, 4) is 0 Å². The van der Waals surface area contributed by atoms with Crippen molar-refractivity contribution in [3.63, 3.8) is 0 Å². The van der Waals surface area contributed by atoms with Gasteiger partial charge in [0.1, 0.15) is 0 Å². The van der Waals surface area contributed by atoms with E-state index in [4.69, 9.17) is 5.11 Å². The molecule has 0 aliphatic heterocycles. The maximum Gasteiger partial charge on any atom is 0.306 e. The lowest BCUT2D eigenvalue weighted by atomic mass is 10.1. The summed E-state index contributed by atoms with van der Waals surface area (Å²) in [4.78, 5) is 10.8. The number of rotatable bonds is 6. The average Bonchev–Trinajstić information content (AvgIpc) is 2.86. The van der Waals surface area contributed by atoms with Crippen LogP contribution < -0.4 is 0 Å². The third-order valence-corrected chi connectivity index (χ3v) is 3.61. The van der Waals surface area contributed by atoms with Crippen molar-refractivity contribution in [1.29, 1.82) is 0 Å². The van der Waals surface area contributed by atoms with Gasteiger partial charge in [0, 0.05) is 17.4 Å². The van der Waals surface area contributed by atoms with Crippen LogP contribution in [-0.4, -0.2) is 31.3 Å². The van der Waals surface area contributed by atoms with E-state index in [9.17, 15) is 4.79 Å². The van der Waals surface area contributed by atoms with Crippen LogP contribution in [0.2, 0.25) is 0 Å². The molecule has 1 aromatic carbocycles. The summed E-state index contributed by atoms with van der Waals surface area (Å²) >= 11 is 3.39. The van der Waals surface area contributed by atoms with Gasteiger partial charge >= 0.3 is 5.97 Å². The number of aryl methyl sites for hydroxylation is 1. The minimum atomic E-state index is -0.799. The molecule has 1 atom stereocenters. The molecule has 106 valence electrons. The summed E-state index contributed by atoms with van der Waals surface area (Å²) in [6, 6.07) is 7.94. The Balaban J connectivity index is 2.01. The van der Waals surface area contributed by atoms with Crippen molar-refractivity contribution >= 4 is 21.9 Å². The zero-order valence-electron chi connectivity index (χ0n) is 11.0. The van der Waals surface area contributed by atoms with Crippen LogP contribution in [0.1, 0.15) is 24.7 Å². The molecule has 0 amide bonds. The van der Waals surface area contributed by atoms with Crippen molar-refractivity contribution in [3.05, 3.63) is 40.1 Å². The molecule has 7 heteroatoms. The number of carbonyl (C=O) groups is 1. The van der Waals surface area contributed by atoms with Crippen molar-refractivity contribution in [1.82, 2.24) is 20.2 Å².